The van der Waals surface area contributed by atoms with Gasteiger partial charge in [0.2, 0.25) is 5.91 Å². The van der Waals surface area contributed by atoms with Gasteiger partial charge in [0.1, 0.15) is 17.6 Å². The predicted octanol–water partition coefficient (Wildman–Crippen LogP) is 4.38. The number of rotatable bonds is 5. The molecule has 1 aromatic heterocycles. The van der Waals surface area contributed by atoms with Gasteiger partial charge in [0.15, 0.2) is 0 Å². The summed E-state index contributed by atoms with van der Waals surface area (Å²) < 4.78 is 7.44. The van der Waals surface area contributed by atoms with Gasteiger partial charge in [0.25, 0.3) is 5.91 Å². The molecule has 0 saturated carbocycles. The van der Waals surface area contributed by atoms with Gasteiger partial charge in [-0.15, -0.1) is 0 Å². The molecule has 0 bridgehead atoms. The van der Waals surface area contributed by atoms with Gasteiger partial charge in [-0.2, -0.15) is 5.10 Å². The van der Waals surface area contributed by atoms with E-state index in [1.54, 1.807) is 36.1 Å². The molecule has 1 aliphatic rings. The first kappa shape index (κ1) is 22.4. The number of benzene rings is 3. The first-order chi connectivity index (χ1) is 17.0. The first-order valence-corrected chi connectivity index (χ1v) is 11.4. The molecule has 0 radical (unpaired) electrons. The number of hydrogen-bond acceptors (Lipinski definition) is 4. The summed E-state index contributed by atoms with van der Waals surface area (Å²) in [6.07, 6.45) is 0. The van der Waals surface area contributed by atoms with E-state index in [-0.39, 0.29) is 11.8 Å². The lowest BCUT2D eigenvalue weighted by molar-refractivity contribution is -0.118. The normalized spacial score (nSPS) is 16.8. The van der Waals surface area contributed by atoms with Crippen molar-refractivity contribution in [3.05, 3.63) is 107 Å². The number of amides is 2. The summed E-state index contributed by atoms with van der Waals surface area (Å²) in [5.41, 5.74) is 4.76. The van der Waals surface area contributed by atoms with Crippen molar-refractivity contribution in [3.63, 3.8) is 0 Å². The molecule has 7 heteroatoms. The van der Waals surface area contributed by atoms with Crippen LogP contribution in [-0.4, -0.2) is 34.7 Å². The summed E-state index contributed by atoms with van der Waals surface area (Å²) in [4.78, 5) is 26.7. The van der Waals surface area contributed by atoms with Crippen molar-refractivity contribution in [1.82, 2.24) is 15.1 Å². The molecule has 3 aromatic carbocycles. The molecule has 2 atom stereocenters. The van der Waals surface area contributed by atoms with Crippen LogP contribution < -0.4 is 15.4 Å². The fraction of sp³-hybridized carbons (Fsp3) is 0.179. The summed E-state index contributed by atoms with van der Waals surface area (Å²) in [7, 11) is 1.61. The number of para-hydroxylation sites is 1. The standard InChI is InChI=1S/C28H26N4O3/c1-17-14-15-22(35-3)21(16-17)24-23-18(2)31-32(20-12-8-5-9-13-20)26(23)30-28(34)25(24)29-27(33)19-10-6-4-7-11-19/h4-16,24-25H,1-3H3,(H,29,33)(H,30,34)/t24-,25-/m1/s1. The van der Waals surface area contributed by atoms with Crippen LogP contribution in [0, 0.1) is 13.8 Å². The van der Waals surface area contributed by atoms with E-state index in [0.29, 0.717) is 17.1 Å². The van der Waals surface area contributed by atoms with Gasteiger partial charge in [-0.3, -0.25) is 9.59 Å². The van der Waals surface area contributed by atoms with Crippen molar-refractivity contribution in [2.24, 2.45) is 0 Å². The van der Waals surface area contributed by atoms with E-state index in [9.17, 15) is 9.59 Å². The summed E-state index contributed by atoms with van der Waals surface area (Å²) >= 11 is 0. The molecule has 0 fully saturated rings. The van der Waals surface area contributed by atoms with E-state index >= 15 is 0 Å². The minimum Gasteiger partial charge on any atom is -0.496 e. The number of carbonyl (C=O) groups excluding carboxylic acids is 2. The molecule has 0 spiro atoms. The number of ether oxygens (including phenoxy) is 1. The van der Waals surface area contributed by atoms with E-state index < -0.39 is 12.0 Å². The molecule has 7 nitrogen and oxygen atoms in total. The Bertz CT molecular complexity index is 1400. The Hall–Kier alpha value is -4.39. The Morgan fingerprint density at radius 1 is 1.00 bits per heavy atom. The predicted molar refractivity (Wildman–Crippen MR) is 134 cm³/mol. The van der Waals surface area contributed by atoms with Crippen molar-refractivity contribution in [1.29, 1.82) is 0 Å². The van der Waals surface area contributed by atoms with Gasteiger partial charge in [0.05, 0.1) is 18.5 Å². The number of nitrogens with one attached hydrogen (secondary N) is 2. The molecule has 4 aromatic rings. The van der Waals surface area contributed by atoms with E-state index in [1.807, 2.05) is 68.4 Å². The van der Waals surface area contributed by atoms with Gasteiger partial charge in [-0.1, -0.05) is 54.1 Å². The molecule has 0 aliphatic carbocycles. The van der Waals surface area contributed by atoms with Crippen LogP contribution in [0.3, 0.4) is 0 Å². The summed E-state index contributed by atoms with van der Waals surface area (Å²) in [6.45, 7) is 3.91. The highest BCUT2D eigenvalue weighted by atomic mass is 16.5. The largest absolute Gasteiger partial charge is 0.496 e. The van der Waals surface area contributed by atoms with E-state index in [1.165, 1.54) is 0 Å². The molecular weight excluding hydrogens is 440 g/mol. The van der Waals surface area contributed by atoms with Crippen LogP contribution >= 0.6 is 0 Å². The maximum Gasteiger partial charge on any atom is 0.251 e. The van der Waals surface area contributed by atoms with Crippen LogP contribution in [0.15, 0.2) is 78.9 Å². The maximum absolute atomic E-state index is 13.6. The zero-order valence-electron chi connectivity index (χ0n) is 19.8. The molecule has 0 saturated heterocycles. The lowest BCUT2D eigenvalue weighted by Crippen LogP contribution is -2.50. The molecule has 2 heterocycles. The van der Waals surface area contributed by atoms with Crippen LogP contribution in [0.5, 0.6) is 5.75 Å². The smallest absolute Gasteiger partial charge is 0.251 e. The summed E-state index contributed by atoms with van der Waals surface area (Å²) in [5.74, 6) is 0.106. The zero-order valence-corrected chi connectivity index (χ0v) is 19.8. The fourth-order valence-electron chi connectivity index (χ4n) is 4.70. The number of aromatic nitrogens is 2. The quantitative estimate of drug-likeness (QED) is 0.457. The molecule has 176 valence electrons. The highest BCUT2D eigenvalue weighted by Gasteiger charge is 2.43. The van der Waals surface area contributed by atoms with Crippen LogP contribution in [0.4, 0.5) is 5.82 Å². The second-order valence-electron chi connectivity index (χ2n) is 8.62. The zero-order chi connectivity index (χ0) is 24.5. The molecule has 0 unspecified atom stereocenters. The molecule has 1 aliphatic heterocycles. The monoisotopic (exact) mass is 466 g/mol. The van der Waals surface area contributed by atoms with Gasteiger partial charge in [-0.25, -0.2) is 4.68 Å². The number of fused-ring (bicyclic) bond motifs is 1. The summed E-state index contributed by atoms with van der Waals surface area (Å²) in [6, 6.07) is 23.5. The molecular formula is C28H26N4O3. The van der Waals surface area contributed by atoms with Crippen molar-refractivity contribution >= 4 is 17.6 Å². The van der Waals surface area contributed by atoms with E-state index in [4.69, 9.17) is 9.84 Å². The van der Waals surface area contributed by atoms with Gasteiger partial charge < -0.3 is 15.4 Å². The SMILES string of the molecule is COc1ccc(C)cc1[C@@H]1c2c(C)nn(-c3ccccc3)c2NC(=O)[C@@H]1NC(=O)c1ccccc1. The Balaban J connectivity index is 1.68. The molecule has 2 N–H and O–H groups in total. The van der Waals surface area contributed by atoms with Crippen LogP contribution in [0.25, 0.3) is 5.69 Å². The Kier molecular flexibility index (Phi) is 5.82. The third-order valence-electron chi connectivity index (χ3n) is 6.32. The Labute approximate surface area is 203 Å². The lowest BCUT2D eigenvalue weighted by Gasteiger charge is -2.33. The second kappa shape index (κ2) is 9.10. The minimum absolute atomic E-state index is 0.313. The van der Waals surface area contributed by atoms with Gasteiger partial charge in [-0.05, 0) is 44.2 Å². The van der Waals surface area contributed by atoms with Gasteiger partial charge >= 0.3 is 0 Å². The van der Waals surface area contributed by atoms with Crippen molar-refractivity contribution in [2.75, 3.05) is 12.4 Å². The number of hydrogen-bond donors (Lipinski definition) is 2. The topological polar surface area (TPSA) is 85.2 Å². The number of anilines is 1. The van der Waals surface area contributed by atoms with E-state index in [2.05, 4.69) is 10.6 Å². The van der Waals surface area contributed by atoms with Crippen LogP contribution in [0.1, 0.15) is 38.7 Å². The average Bonchev–Trinajstić information content (AvgIpc) is 3.21. The molecule has 35 heavy (non-hydrogen) atoms. The molecule has 2 amide bonds. The lowest BCUT2D eigenvalue weighted by atomic mass is 9.81. The third-order valence-corrected chi connectivity index (χ3v) is 6.32. The average molecular weight is 467 g/mol. The number of methoxy groups -OCH3 is 1. The number of aryl methyl sites for hydroxylation is 2. The number of nitrogens with zero attached hydrogens (tertiary/aromatic N) is 2. The summed E-state index contributed by atoms with van der Waals surface area (Å²) in [5, 5.41) is 10.8. The van der Waals surface area contributed by atoms with Crippen molar-refractivity contribution in [2.45, 2.75) is 25.8 Å². The van der Waals surface area contributed by atoms with Crippen molar-refractivity contribution in [3.8, 4) is 11.4 Å². The van der Waals surface area contributed by atoms with Crippen molar-refractivity contribution < 1.29 is 14.3 Å². The maximum atomic E-state index is 13.6. The first-order valence-electron chi connectivity index (χ1n) is 11.4. The Morgan fingerprint density at radius 2 is 1.69 bits per heavy atom. The van der Waals surface area contributed by atoms with Crippen LogP contribution in [-0.2, 0) is 4.79 Å². The Morgan fingerprint density at radius 3 is 2.37 bits per heavy atom. The third kappa shape index (κ3) is 4.05. The minimum atomic E-state index is -0.863. The van der Waals surface area contributed by atoms with Gasteiger partial charge in [0, 0.05) is 22.6 Å². The highest BCUT2D eigenvalue weighted by Crippen LogP contribution is 2.43. The molecule has 5 rings (SSSR count). The second-order valence-corrected chi connectivity index (χ2v) is 8.62. The van der Waals surface area contributed by atoms with E-state index in [0.717, 1.165) is 28.1 Å². The number of carbonyl (C=O) groups is 2. The van der Waals surface area contributed by atoms with Crippen LogP contribution in [0.2, 0.25) is 0 Å². The highest BCUT2D eigenvalue weighted by molar-refractivity contribution is 6.04. The fourth-order valence-corrected chi connectivity index (χ4v) is 4.70.